The average molecular weight is 917 g/mol. The summed E-state index contributed by atoms with van der Waals surface area (Å²) in [5, 5.41) is 0. The summed E-state index contributed by atoms with van der Waals surface area (Å²) in [6.45, 7) is 18.3. The van der Waals surface area contributed by atoms with Gasteiger partial charge in [0.15, 0.2) is 0 Å². The van der Waals surface area contributed by atoms with Crippen molar-refractivity contribution in [3.8, 4) is 11.3 Å². The number of rotatable bonds is 8. The molecule has 9 rings (SSSR count). The maximum Gasteiger partial charge on any atom is 0.143 e. The number of hydrogen-bond donors (Lipinski definition) is 0. The van der Waals surface area contributed by atoms with Crippen LogP contribution in [0.5, 0.6) is 0 Å². The maximum absolute atomic E-state index is 4.64. The number of anilines is 6. The Bertz CT molecular complexity index is 2310. The predicted octanol–water partition coefficient (Wildman–Crippen LogP) is 8.55. The van der Waals surface area contributed by atoms with Gasteiger partial charge in [0.05, 0.1) is 5.69 Å². The monoisotopic (exact) mass is 917 g/mol. The molecule has 7 aromatic rings. The van der Waals surface area contributed by atoms with Crippen molar-refractivity contribution < 1.29 is 20.1 Å². The van der Waals surface area contributed by atoms with Crippen molar-refractivity contribution in [1.29, 1.82) is 0 Å². The molecule has 11 nitrogen and oxygen atoms in total. The van der Waals surface area contributed by atoms with E-state index in [4.69, 9.17) is 0 Å². The number of unbranched alkanes of at least 4 members (excludes halogenated alkanes) is 1. The molecule has 2 aliphatic heterocycles. The van der Waals surface area contributed by atoms with Crippen LogP contribution in [0, 0.1) is 73.1 Å². The summed E-state index contributed by atoms with van der Waals surface area (Å²) in [4.78, 5) is 36.1. The molecule has 12 heteroatoms. The van der Waals surface area contributed by atoms with Gasteiger partial charge in [-0.3, -0.25) is 4.98 Å². The summed E-state index contributed by atoms with van der Waals surface area (Å²) in [7, 11) is 0. The van der Waals surface area contributed by atoms with E-state index in [0.29, 0.717) is 0 Å². The zero-order valence-electron chi connectivity index (χ0n) is 32.3. The summed E-state index contributed by atoms with van der Waals surface area (Å²) < 4.78 is 2.07. The quantitative estimate of drug-likeness (QED) is 0.109. The summed E-state index contributed by atoms with van der Waals surface area (Å²) in [6, 6.07) is 26.5. The molecule has 0 spiro atoms. The first-order valence-electron chi connectivity index (χ1n) is 18.5. The minimum absolute atomic E-state index is 0. The van der Waals surface area contributed by atoms with Gasteiger partial charge in [-0.1, -0.05) is 27.7 Å². The molecule has 3 aromatic carbocycles. The number of nitrogens with zero attached hydrogens (tertiary/aromatic N) is 11. The standard InChI is InChI=1S/C30H30N8.C14H12N3.Ir/c1-21-13-22(2)16-25(15-21)37-19-35(27-29(37)33-9-7-31-27)11-5-6-12-36-20-38(30-28(36)32-8-10-34-30)26-17-23(3)14-24(4)18-26;1-10-11(2)17-9-8-15-13(14(17)16-10)12-6-4-3-5-7-12;/h7-10,13-15,17,19-20H,5-6,11-12H2,1-4H3;3-6,8-9H,1-2H3;/q-4;-1;. The van der Waals surface area contributed by atoms with Gasteiger partial charge in [-0.2, -0.15) is 46.5 Å². The van der Waals surface area contributed by atoms with E-state index in [1.807, 2.05) is 37.4 Å². The van der Waals surface area contributed by atoms with E-state index >= 15 is 0 Å². The van der Waals surface area contributed by atoms with Gasteiger partial charge in [-0.15, -0.1) is 72.7 Å². The van der Waals surface area contributed by atoms with Gasteiger partial charge in [0.25, 0.3) is 0 Å². The molecule has 6 heterocycles. The molecule has 0 saturated heterocycles. The van der Waals surface area contributed by atoms with Crippen molar-refractivity contribution in [3.05, 3.63) is 151 Å². The Morgan fingerprint density at radius 2 is 1.16 bits per heavy atom. The molecular formula is C44H42IrN11-5. The predicted molar refractivity (Wildman–Crippen MR) is 217 cm³/mol. The third kappa shape index (κ3) is 7.85. The fourth-order valence-electron chi connectivity index (χ4n) is 7.08. The van der Waals surface area contributed by atoms with Gasteiger partial charge in [0.2, 0.25) is 0 Å². The Morgan fingerprint density at radius 1 is 0.625 bits per heavy atom. The molecule has 2 aliphatic rings. The first-order valence-corrected chi connectivity index (χ1v) is 18.5. The average Bonchev–Trinajstić information content (AvgIpc) is 3.84. The second-order valence-electron chi connectivity index (χ2n) is 14.0. The van der Waals surface area contributed by atoms with Crippen LogP contribution in [-0.2, 0) is 20.1 Å². The van der Waals surface area contributed by atoms with Gasteiger partial charge in [0.1, 0.15) is 28.9 Å². The molecule has 0 fully saturated rings. The Labute approximate surface area is 342 Å². The Balaban J connectivity index is 0.000000223. The largest absolute Gasteiger partial charge is 0.485 e. The second-order valence-corrected chi connectivity index (χ2v) is 14.0. The molecule has 0 bridgehead atoms. The number of aryl methyl sites for hydroxylation is 6. The van der Waals surface area contributed by atoms with Crippen molar-refractivity contribution in [2.75, 3.05) is 32.7 Å². The molecule has 0 aliphatic carbocycles. The molecule has 56 heavy (non-hydrogen) atoms. The molecule has 0 saturated carbocycles. The van der Waals surface area contributed by atoms with Crippen LogP contribution in [-0.4, -0.2) is 47.4 Å². The van der Waals surface area contributed by atoms with Crippen LogP contribution >= 0.6 is 0 Å². The first-order chi connectivity index (χ1) is 26.7. The molecular weight excluding hydrogens is 875 g/mol. The van der Waals surface area contributed by atoms with Crippen molar-refractivity contribution in [1.82, 2.24) is 34.3 Å². The summed E-state index contributed by atoms with van der Waals surface area (Å²) >= 11 is 0. The fraction of sp³-hybridized carbons (Fsp3) is 0.227. The first kappa shape index (κ1) is 38.6. The van der Waals surface area contributed by atoms with Crippen molar-refractivity contribution in [2.45, 2.75) is 54.4 Å². The van der Waals surface area contributed by atoms with E-state index in [-0.39, 0.29) is 20.1 Å². The molecule has 0 atom stereocenters. The smallest absolute Gasteiger partial charge is 0.143 e. The molecule has 0 N–H and O–H groups in total. The van der Waals surface area contributed by atoms with Crippen molar-refractivity contribution >= 4 is 40.3 Å². The fourth-order valence-corrected chi connectivity index (χ4v) is 7.08. The van der Waals surface area contributed by atoms with E-state index in [1.165, 1.54) is 11.1 Å². The van der Waals surface area contributed by atoms with Crippen molar-refractivity contribution in [3.63, 3.8) is 0 Å². The maximum atomic E-state index is 4.64. The summed E-state index contributed by atoms with van der Waals surface area (Å²) in [5.74, 6) is 3.43. The SMILES string of the molecule is Cc1[c-]c(N2[CH-]N(CCCCN3[CH-]N(c4[c-]c(C)cc(C)c4)c4nccnc43)c3nccnc32)cc(C)c1.Cc1nc2c(-c3[c-]cccc3)nccn2c1C.[Ir]. The summed E-state index contributed by atoms with van der Waals surface area (Å²) in [6.07, 6.45) is 12.7. The molecule has 1 radical (unpaired) electrons. The van der Waals surface area contributed by atoms with E-state index < -0.39 is 0 Å². The number of aromatic nitrogens is 7. The minimum atomic E-state index is 0. The Hall–Kier alpha value is -5.71. The topological polar surface area (TPSA) is 94.7 Å². The molecule has 0 unspecified atom stereocenters. The van der Waals surface area contributed by atoms with Crippen LogP contribution < -0.4 is 19.6 Å². The van der Waals surface area contributed by atoms with Crippen LogP contribution in [0.15, 0.2) is 85.7 Å². The normalized spacial score (nSPS) is 13.0. The van der Waals surface area contributed by atoms with Crippen LogP contribution in [0.4, 0.5) is 34.6 Å². The summed E-state index contributed by atoms with van der Waals surface area (Å²) in [5.41, 5.74) is 11.5. The van der Waals surface area contributed by atoms with Gasteiger partial charge < -0.3 is 24.0 Å². The van der Waals surface area contributed by atoms with Crippen LogP contribution in [0.2, 0.25) is 0 Å². The van der Waals surface area contributed by atoms with Gasteiger partial charge in [-0.05, 0) is 39.8 Å². The molecule has 0 amide bonds. The van der Waals surface area contributed by atoms with Gasteiger partial charge >= 0.3 is 0 Å². The zero-order chi connectivity index (χ0) is 38.1. The van der Waals surface area contributed by atoms with E-state index in [2.05, 4.69) is 144 Å². The third-order valence-electron chi connectivity index (χ3n) is 9.65. The number of benzene rings is 3. The van der Waals surface area contributed by atoms with Crippen LogP contribution in [0.25, 0.3) is 16.9 Å². The second kappa shape index (κ2) is 16.6. The number of imidazole rings is 1. The Morgan fingerprint density at radius 3 is 1.66 bits per heavy atom. The number of fused-ring (bicyclic) bond motifs is 3. The van der Waals surface area contributed by atoms with E-state index in [0.717, 1.165) is 100.0 Å². The number of hydrogen-bond acceptors (Lipinski definition) is 10. The van der Waals surface area contributed by atoms with Crippen LogP contribution in [0.3, 0.4) is 0 Å². The minimum Gasteiger partial charge on any atom is -0.485 e. The van der Waals surface area contributed by atoms with E-state index in [9.17, 15) is 0 Å². The zero-order valence-corrected chi connectivity index (χ0v) is 34.7. The van der Waals surface area contributed by atoms with Gasteiger partial charge in [-0.25, -0.2) is 24.9 Å². The van der Waals surface area contributed by atoms with Crippen molar-refractivity contribution in [2.24, 2.45) is 0 Å². The molecule has 287 valence electrons. The third-order valence-corrected chi connectivity index (χ3v) is 9.65. The van der Waals surface area contributed by atoms with Gasteiger partial charge in [0, 0.05) is 68.7 Å². The Kier molecular flexibility index (Phi) is 11.4. The van der Waals surface area contributed by atoms with E-state index in [1.54, 1.807) is 31.0 Å². The molecule has 4 aromatic heterocycles. The van der Waals surface area contributed by atoms with Crippen LogP contribution in [0.1, 0.15) is 46.5 Å².